The Labute approximate surface area is 131 Å². The molecule has 0 spiro atoms. The molecule has 3 rings (SSSR count). The van der Waals surface area contributed by atoms with Gasteiger partial charge in [-0.3, -0.25) is 4.79 Å². The van der Waals surface area contributed by atoms with Crippen LogP contribution >= 0.6 is 0 Å². The first-order valence-electron chi connectivity index (χ1n) is 7.11. The van der Waals surface area contributed by atoms with Crippen LogP contribution in [0.2, 0.25) is 0 Å². The zero-order valence-electron chi connectivity index (χ0n) is 13.0. The number of nitrogens with zero attached hydrogens (tertiary/aromatic N) is 3. The Hall–Kier alpha value is -2.31. The molecule has 7 heteroatoms. The smallest absolute Gasteiger partial charge is 0.328 e. The number of hydrogen-bond acceptors (Lipinski definition) is 2. The summed E-state index contributed by atoms with van der Waals surface area (Å²) in [6, 6.07) is 5.42. The van der Waals surface area contributed by atoms with Gasteiger partial charge in [0, 0.05) is 24.5 Å². The number of alkyl halides is 3. The van der Waals surface area contributed by atoms with Gasteiger partial charge in [0.05, 0.1) is 17.4 Å². The molecule has 0 aliphatic carbocycles. The summed E-state index contributed by atoms with van der Waals surface area (Å²) in [4.78, 5) is 17.9. The van der Waals surface area contributed by atoms with Crippen molar-refractivity contribution in [3.63, 3.8) is 0 Å². The largest absolute Gasteiger partial charge is 0.406 e. The highest BCUT2D eigenvalue weighted by Crippen LogP contribution is 2.42. The summed E-state index contributed by atoms with van der Waals surface area (Å²) in [5.74, 6) is -0.00718. The van der Waals surface area contributed by atoms with Gasteiger partial charge in [0.25, 0.3) is 0 Å². The molecule has 23 heavy (non-hydrogen) atoms. The maximum absolute atomic E-state index is 12.4. The Morgan fingerprint density at radius 3 is 2.61 bits per heavy atom. The Morgan fingerprint density at radius 1 is 1.26 bits per heavy atom. The van der Waals surface area contributed by atoms with E-state index in [1.807, 2.05) is 19.9 Å². The van der Waals surface area contributed by atoms with Gasteiger partial charge in [0.15, 0.2) is 0 Å². The van der Waals surface area contributed by atoms with Crippen LogP contribution in [0, 0.1) is 0 Å². The average Bonchev–Trinajstić information content (AvgIpc) is 2.96. The second-order valence-electron chi connectivity index (χ2n) is 6.27. The van der Waals surface area contributed by atoms with Crippen molar-refractivity contribution in [3.05, 3.63) is 36.3 Å². The molecule has 0 saturated heterocycles. The third-order valence-electron chi connectivity index (χ3n) is 4.16. The van der Waals surface area contributed by atoms with Crippen molar-refractivity contribution >= 4 is 11.6 Å². The number of carbonyl (C=O) groups is 1. The van der Waals surface area contributed by atoms with Gasteiger partial charge in [-0.05, 0) is 25.5 Å². The van der Waals surface area contributed by atoms with Crippen molar-refractivity contribution in [2.45, 2.75) is 32.0 Å². The number of likely N-dealkylation sites (N-methyl/N-ethyl adjacent to an activating group) is 1. The number of fused-ring (bicyclic) bond motifs is 1. The molecule has 0 N–H and O–H groups in total. The molecule has 1 amide bonds. The first-order valence-corrected chi connectivity index (χ1v) is 7.11. The van der Waals surface area contributed by atoms with Crippen LogP contribution in [0.15, 0.2) is 30.7 Å². The van der Waals surface area contributed by atoms with Gasteiger partial charge in [-0.1, -0.05) is 12.1 Å². The number of amides is 1. The predicted octanol–water partition coefficient (Wildman–Crippen LogP) is 3.37. The second kappa shape index (κ2) is 4.84. The van der Waals surface area contributed by atoms with E-state index in [9.17, 15) is 18.0 Å². The van der Waals surface area contributed by atoms with Crippen LogP contribution in [-0.4, -0.2) is 28.7 Å². The maximum atomic E-state index is 12.4. The van der Waals surface area contributed by atoms with Crippen LogP contribution in [0.5, 0.6) is 0 Å². The van der Waals surface area contributed by atoms with Crippen molar-refractivity contribution in [2.75, 3.05) is 11.9 Å². The van der Waals surface area contributed by atoms with Gasteiger partial charge >= 0.3 is 6.18 Å². The quantitative estimate of drug-likeness (QED) is 0.850. The molecular weight excluding hydrogens is 307 g/mol. The number of rotatable bonds is 2. The molecule has 2 heterocycles. The average molecular weight is 323 g/mol. The Kier molecular flexibility index (Phi) is 3.28. The van der Waals surface area contributed by atoms with Gasteiger partial charge < -0.3 is 9.47 Å². The lowest BCUT2D eigenvalue weighted by Gasteiger charge is -2.16. The van der Waals surface area contributed by atoms with E-state index in [1.54, 1.807) is 24.1 Å². The van der Waals surface area contributed by atoms with Gasteiger partial charge in [0.2, 0.25) is 5.91 Å². The SMILES string of the molecule is CN1C(=O)C(C)(C)c2ccc(-c3cn(CC(F)(F)F)cn3)cc21. The van der Waals surface area contributed by atoms with E-state index in [0.29, 0.717) is 11.3 Å². The molecular formula is C16H16F3N3O. The van der Waals surface area contributed by atoms with Crippen LogP contribution in [0.1, 0.15) is 19.4 Å². The maximum Gasteiger partial charge on any atom is 0.406 e. The van der Waals surface area contributed by atoms with E-state index >= 15 is 0 Å². The highest BCUT2D eigenvalue weighted by Gasteiger charge is 2.42. The van der Waals surface area contributed by atoms with Gasteiger partial charge in [-0.2, -0.15) is 13.2 Å². The highest BCUT2D eigenvalue weighted by atomic mass is 19.4. The normalized spacial score (nSPS) is 16.8. The predicted molar refractivity (Wildman–Crippen MR) is 80.2 cm³/mol. The van der Waals surface area contributed by atoms with Gasteiger partial charge in [-0.25, -0.2) is 4.98 Å². The van der Waals surface area contributed by atoms with Crippen LogP contribution in [0.25, 0.3) is 11.3 Å². The van der Waals surface area contributed by atoms with Crippen molar-refractivity contribution in [1.82, 2.24) is 9.55 Å². The summed E-state index contributed by atoms with van der Waals surface area (Å²) in [5, 5.41) is 0. The van der Waals surface area contributed by atoms with Crippen molar-refractivity contribution in [2.24, 2.45) is 0 Å². The molecule has 122 valence electrons. The fraction of sp³-hybridized carbons (Fsp3) is 0.375. The molecule has 0 unspecified atom stereocenters. The van der Waals surface area contributed by atoms with Crippen molar-refractivity contribution < 1.29 is 18.0 Å². The number of anilines is 1. The molecule has 4 nitrogen and oxygen atoms in total. The Bertz CT molecular complexity index is 777. The molecule has 1 aromatic carbocycles. The number of hydrogen-bond donors (Lipinski definition) is 0. The Balaban J connectivity index is 1.97. The van der Waals surface area contributed by atoms with E-state index in [4.69, 9.17) is 0 Å². The molecule has 1 aliphatic rings. The molecule has 2 aromatic rings. The van der Waals surface area contributed by atoms with E-state index < -0.39 is 18.1 Å². The second-order valence-corrected chi connectivity index (χ2v) is 6.27. The summed E-state index contributed by atoms with van der Waals surface area (Å²) in [6.45, 7) is 2.64. The minimum Gasteiger partial charge on any atom is -0.328 e. The topological polar surface area (TPSA) is 38.1 Å². The number of halogens is 3. The summed E-state index contributed by atoms with van der Waals surface area (Å²) in [7, 11) is 1.70. The highest BCUT2D eigenvalue weighted by molar-refractivity contribution is 6.07. The fourth-order valence-corrected chi connectivity index (χ4v) is 2.94. The summed E-state index contributed by atoms with van der Waals surface area (Å²) >= 11 is 0. The van der Waals surface area contributed by atoms with Gasteiger partial charge in [0.1, 0.15) is 6.54 Å². The minimum atomic E-state index is -4.29. The number of carbonyl (C=O) groups excluding carboxylic acids is 1. The van der Waals surface area contributed by atoms with Crippen LogP contribution in [-0.2, 0) is 16.8 Å². The van der Waals surface area contributed by atoms with Crippen molar-refractivity contribution in [1.29, 1.82) is 0 Å². The minimum absolute atomic E-state index is 0.00718. The van der Waals surface area contributed by atoms with Crippen molar-refractivity contribution in [3.8, 4) is 11.3 Å². The summed E-state index contributed by atoms with van der Waals surface area (Å²) in [5.41, 5.74) is 2.20. The number of benzene rings is 1. The molecule has 0 bridgehead atoms. The van der Waals surface area contributed by atoms with Crippen LogP contribution in [0.4, 0.5) is 18.9 Å². The van der Waals surface area contributed by atoms with E-state index in [-0.39, 0.29) is 5.91 Å². The van der Waals surface area contributed by atoms with Crippen LogP contribution < -0.4 is 4.90 Å². The van der Waals surface area contributed by atoms with E-state index in [1.165, 1.54) is 6.20 Å². The molecule has 0 radical (unpaired) electrons. The van der Waals surface area contributed by atoms with E-state index in [0.717, 1.165) is 22.1 Å². The zero-order chi connectivity index (χ0) is 17.0. The monoisotopic (exact) mass is 323 g/mol. The standard InChI is InChI=1S/C16H16F3N3O/c1-15(2)11-5-4-10(6-13(11)21(3)14(15)23)12-7-22(9-20-12)8-16(17,18)19/h4-7,9H,8H2,1-3H3. The summed E-state index contributed by atoms with van der Waals surface area (Å²) < 4.78 is 38.3. The lowest BCUT2D eigenvalue weighted by Crippen LogP contribution is -2.33. The molecule has 0 fully saturated rings. The lowest BCUT2D eigenvalue weighted by molar-refractivity contribution is -0.140. The van der Waals surface area contributed by atoms with Crippen LogP contribution in [0.3, 0.4) is 0 Å². The molecule has 1 aliphatic heterocycles. The van der Waals surface area contributed by atoms with E-state index in [2.05, 4.69) is 4.98 Å². The lowest BCUT2D eigenvalue weighted by atomic mass is 9.86. The Morgan fingerprint density at radius 2 is 1.96 bits per heavy atom. The first-order chi connectivity index (χ1) is 10.6. The van der Waals surface area contributed by atoms with Gasteiger partial charge in [-0.15, -0.1) is 0 Å². The first kappa shape index (κ1) is 15.6. The molecule has 1 aromatic heterocycles. The number of imidazole rings is 1. The molecule has 0 atom stereocenters. The third kappa shape index (κ3) is 2.60. The number of aromatic nitrogens is 2. The third-order valence-corrected chi connectivity index (χ3v) is 4.16. The zero-order valence-corrected chi connectivity index (χ0v) is 13.0. The fourth-order valence-electron chi connectivity index (χ4n) is 2.94. The summed E-state index contributed by atoms with van der Waals surface area (Å²) in [6.07, 6.45) is -1.77. The molecule has 0 saturated carbocycles.